The van der Waals surface area contributed by atoms with Gasteiger partial charge < -0.3 is 10.2 Å². The van der Waals surface area contributed by atoms with Crippen molar-refractivity contribution in [1.29, 1.82) is 0 Å². The first kappa shape index (κ1) is 16.4. The van der Waals surface area contributed by atoms with E-state index in [0.29, 0.717) is 18.9 Å². The predicted octanol–water partition coefficient (Wildman–Crippen LogP) is 3.33. The minimum absolute atomic E-state index is 0.0783. The van der Waals surface area contributed by atoms with Gasteiger partial charge in [-0.25, -0.2) is 9.78 Å². The summed E-state index contributed by atoms with van der Waals surface area (Å²) in [5.74, 6) is 0.294. The van der Waals surface area contributed by atoms with Gasteiger partial charge in [0, 0.05) is 19.3 Å². The largest absolute Gasteiger partial charge is 0.324 e. The molecule has 0 radical (unpaired) electrons. The average Bonchev–Trinajstić information content (AvgIpc) is 3.10. The number of aryl methyl sites for hydroxylation is 1. The molecule has 2 aromatic rings. The lowest BCUT2D eigenvalue weighted by atomic mass is 9.97. The van der Waals surface area contributed by atoms with Gasteiger partial charge in [0.25, 0.3) is 0 Å². The number of likely N-dealkylation sites (tertiary alicyclic amines) is 1. The fourth-order valence-electron chi connectivity index (χ4n) is 2.75. The second-order valence-electron chi connectivity index (χ2n) is 5.85. The van der Waals surface area contributed by atoms with Crippen LogP contribution in [0, 0.1) is 12.8 Å². The Morgan fingerprint density at radius 1 is 1.29 bits per heavy atom. The zero-order valence-corrected chi connectivity index (χ0v) is 14.3. The van der Waals surface area contributed by atoms with Crippen LogP contribution in [0.25, 0.3) is 0 Å². The zero-order valence-electron chi connectivity index (χ0n) is 13.5. The van der Waals surface area contributed by atoms with Gasteiger partial charge in [0.05, 0.1) is 10.9 Å². The third-order valence-corrected chi connectivity index (χ3v) is 4.87. The number of carbonyl (C=O) groups excluding carboxylic acids is 2. The molecule has 7 heteroatoms. The molecule has 0 spiro atoms. The summed E-state index contributed by atoms with van der Waals surface area (Å²) in [6.07, 6.45) is 3.25. The molecule has 0 aliphatic carbocycles. The van der Waals surface area contributed by atoms with Crippen LogP contribution in [0.3, 0.4) is 0 Å². The summed E-state index contributed by atoms with van der Waals surface area (Å²) in [7, 11) is 0. The van der Waals surface area contributed by atoms with Gasteiger partial charge in [-0.05, 0) is 48.9 Å². The van der Waals surface area contributed by atoms with E-state index in [9.17, 15) is 9.59 Å². The third-order valence-electron chi connectivity index (χ3n) is 4.08. The number of piperidine rings is 1. The van der Waals surface area contributed by atoms with Crippen molar-refractivity contribution in [2.45, 2.75) is 19.8 Å². The van der Waals surface area contributed by atoms with E-state index in [1.807, 2.05) is 36.6 Å². The Bertz CT molecular complexity index is 717. The van der Waals surface area contributed by atoms with Gasteiger partial charge in [0.1, 0.15) is 5.82 Å². The lowest BCUT2D eigenvalue weighted by molar-refractivity contribution is -0.121. The van der Waals surface area contributed by atoms with Gasteiger partial charge in [-0.2, -0.15) is 0 Å². The summed E-state index contributed by atoms with van der Waals surface area (Å²) in [4.78, 5) is 30.7. The number of anilines is 2. The molecule has 1 unspecified atom stereocenters. The lowest BCUT2D eigenvalue weighted by Crippen LogP contribution is -2.45. The lowest BCUT2D eigenvalue weighted by Gasteiger charge is -2.31. The summed E-state index contributed by atoms with van der Waals surface area (Å²) in [6, 6.07) is 7.35. The molecule has 2 aromatic heterocycles. The summed E-state index contributed by atoms with van der Waals surface area (Å²) in [5.41, 5.74) is 0.925. The monoisotopic (exact) mass is 344 g/mol. The molecule has 1 atom stereocenters. The molecule has 24 heavy (non-hydrogen) atoms. The Labute approximate surface area is 144 Å². The first-order chi connectivity index (χ1) is 11.6. The van der Waals surface area contributed by atoms with Crippen LogP contribution in [0.2, 0.25) is 0 Å². The Balaban J connectivity index is 1.59. The number of aromatic nitrogens is 1. The van der Waals surface area contributed by atoms with Crippen LogP contribution < -0.4 is 10.6 Å². The molecule has 3 amide bonds. The van der Waals surface area contributed by atoms with Crippen LogP contribution in [0.15, 0.2) is 35.8 Å². The van der Waals surface area contributed by atoms with E-state index in [-0.39, 0.29) is 17.9 Å². The van der Waals surface area contributed by atoms with Gasteiger partial charge in [-0.3, -0.25) is 10.1 Å². The Morgan fingerprint density at radius 3 is 2.92 bits per heavy atom. The number of nitrogens with one attached hydrogen (secondary N) is 2. The average molecular weight is 344 g/mol. The normalized spacial score (nSPS) is 17.4. The zero-order chi connectivity index (χ0) is 16.9. The van der Waals surface area contributed by atoms with E-state index in [0.717, 1.165) is 23.4 Å². The molecule has 1 aliphatic rings. The van der Waals surface area contributed by atoms with E-state index >= 15 is 0 Å². The van der Waals surface area contributed by atoms with E-state index in [2.05, 4.69) is 15.6 Å². The standard InChI is InChI=1S/C17H20N4O2S/c1-12-5-2-8-18-15(12)20-16(22)13-6-3-9-21(11-13)17(23)19-14-7-4-10-24-14/h2,4-5,7-8,10,13H,3,6,9,11H2,1H3,(H,19,23)(H,18,20,22). The van der Waals surface area contributed by atoms with Crippen molar-refractivity contribution in [3.05, 3.63) is 41.4 Å². The van der Waals surface area contributed by atoms with Gasteiger partial charge in [-0.1, -0.05) is 6.07 Å². The first-order valence-corrected chi connectivity index (χ1v) is 8.83. The van der Waals surface area contributed by atoms with Crippen LogP contribution >= 0.6 is 11.3 Å². The second-order valence-corrected chi connectivity index (χ2v) is 6.80. The van der Waals surface area contributed by atoms with Crippen molar-refractivity contribution < 1.29 is 9.59 Å². The number of hydrogen-bond donors (Lipinski definition) is 2. The van der Waals surface area contributed by atoms with Crippen molar-refractivity contribution in [3.8, 4) is 0 Å². The Morgan fingerprint density at radius 2 is 2.17 bits per heavy atom. The van der Waals surface area contributed by atoms with E-state index in [1.165, 1.54) is 11.3 Å². The molecule has 1 aliphatic heterocycles. The van der Waals surface area contributed by atoms with Crippen LogP contribution in [0.4, 0.5) is 15.6 Å². The molecular formula is C17H20N4O2S. The molecule has 3 rings (SSSR count). The number of urea groups is 1. The molecule has 0 saturated carbocycles. The molecule has 0 bridgehead atoms. The van der Waals surface area contributed by atoms with E-state index in [1.54, 1.807) is 11.1 Å². The molecule has 1 saturated heterocycles. The Hall–Kier alpha value is -2.41. The molecule has 3 heterocycles. The number of nitrogens with zero attached hydrogens (tertiary/aromatic N) is 2. The highest BCUT2D eigenvalue weighted by molar-refractivity contribution is 7.14. The SMILES string of the molecule is Cc1cccnc1NC(=O)C1CCCN(C(=O)Nc2cccs2)C1. The highest BCUT2D eigenvalue weighted by Gasteiger charge is 2.29. The maximum absolute atomic E-state index is 12.5. The fraction of sp³-hybridized carbons (Fsp3) is 0.353. The molecule has 2 N–H and O–H groups in total. The molecule has 0 aromatic carbocycles. The number of carbonyl (C=O) groups is 2. The minimum Gasteiger partial charge on any atom is -0.324 e. The minimum atomic E-state index is -0.214. The number of pyridine rings is 1. The third kappa shape index (κ3) is 3.91. The number of thiophene rings is 1. The van der Waals surface area contributed by atoms with Crippen LogP contribution in [-0.4, -0.2) is 34.9 Å². The summed E-state index contributed by atoms with van der Waals surface area (Å²) < 4.78 is 0. The van der Waals surface area contributed by atoms with Crippen LogP contribution in [0.5, 0.6) is 0 Å². The van der Waals surface area contributed by atoms with Crippen molar-refractivity contribution in [1.82, 2.24) is 9.88 Å². The van der Waals surface area contributed by atoms with Gasteiger partial charge in [0.2, 0.25) is 5.91 Å². The second kappa shape index (κ2) is 7.44. The maximum atomic E-state index is 12.5. The molecule has 126 valence electrons. The number of amides is 3. The number of hydrogen-bond acceptors (Lipinski definition) is 4. The van der Waals surface area contributed by atoms with Crippen LogP contribution in [0.1, 0.15) is 18.4 Å². The topological polar surface area (TPSA) is 74.3 Å². The van der Waals surface area contributed by atoms with E-state index in [4.69, 9.17) is 0 Å². The molecule has 6 nitrogen and oxygen atoms in total. The van der Waals surface area contributed by atoms with Crippen molar-refractivity contribution >= 4 is 34.1 Å². The smallest absolute Gasteiger partial charge is 0.322 e. The highest BCUT2D eigenvalue weighted by atomic mass is 32.1. The number of rotatable bonds is 3. The highest BCUT2D eigenvalue weighted by Crippen LogP contribution is 2.21. The molecular weight excluding hydrogens is 324 g/mol. The fourth-order valence-corrected chi connectivity index (χ4v) is 3.35. The van der Waals surface area contributed by atoms with Crippen molar-refractivity contribution in [2.75, 3.05) is 23.7 Å². The van der Waals surface area contributed by atoms with Gasteiger partial charge in [0.15, 0.2) is 0 Å². The van der Waals surface area contributed by atoms with Crippen molar-refractivity contribution in [3.63, 3.8) is 0 Å². The summed E-state index contributed by atoms with van der Waals surface area (Å²) >= 11 is 1.48. The van der Waals surface area contributed by atoms with Gasteiger partial charge >= 0.3 is 6.03 Å². The first-order valence-electron chi connectivity index (χ1n) is 7.95. The van der Waals surface area contributed by atoms with Gasteiger partial charge in [-0.15, -0.1) is 11.3 Å². The predicted molar refractivity (Wildman–Crippen MR) is 95.2 cm³/mol. The van der Waals surface area contributed by atoms with Crippen molar-refractivity contribution in [2.24, 2.45) is 5.92 Å². The quantitative estimate of drug-likeness (QED) is 0.897. The van der Waals surface area contributed by atoms with Crippen LogP contribution in [-0.2, 0) is 4.79 Å². The summed E-state index contributed by atoms with van der Waals surface area (Å²) in [5, 5.41) is 8.48. The Kier molecular flexibility index (Phi) is 5.10. The maximum Gasteiger partial charge on any atom is 0.322 e. The summed E-state index contributed by atoms with van der Waals surface area (Å²) in [6.45, 7) is 3.00. The van der Waals surface area contributed by atoms with E-state index < -0.39 is 0 Å². The molecule has 1 fully saturated rings.